The van der Waals surface area contributed by atoms with Gasteiger partial charge in [-0.2, -0.15) is 0 Å². The molecule has 0 spiro atoms. The standard InChI is InChI=1S/C19H26N4O2/c1-12-10-15(17-13(2)22-25-19(17)21-12)18(24)20-11-14-6-5-9-23-8-4-3-7-16(14)23/h10,14,16H,3-9,11H2,1-2H3,(H,20,24)/t14-,16-/m1/s1. The van der Waals surface area contributed by atoms with Crippen molar-refractivity contribution in [2.24, 2.45) is 5.92 Å². The molecule has 0 bridgehead atoms. The molecule has 25 heavy (non-hydrogen) atoms. The number of hydrogen-bond donors (Lipinski definition) is 1. The topological polar surface area (TPSA) is 71.3 Å². The van der Waals surface area contributed by atoms with Gasteiger partial charge in [0.2, 0.25) is 0 Å². The molecular weight excluding hydrogens is 316 g/mol. The van der Waals surface area contributed by atoms with Crippen LogP contribution >= 0.6 is 0 Å². The summed E-state index contributed by atoms with van der Waals surface area (Å²) >= 11 is 0. The minimum absolute atomic E-state index is 0.0465. The molecule has 2 atom stereocenters. The molecule has 0 unspecified atom stereocenters. The van der Waals surface area contributed by atoms with Crippen LogP contribution in [0.5, 0.6) is 0 Å². The van der Waals surface area contributed by atoms with Crippen LogP contribution in [0.15, 0.2) is 10.6 Å². The van der Waals surface area contributed by atoms with Crippen LogP contribution in [0, 0.1) is 19.8 Å². The summed E-state index contributed by atoms with van der Waals surface area (Å²) in [6.45, 7) is 6.90. The number of nitrogens with one attached hydrogen (secondary N) is 1. The van der Waals surface area contributed by atoms with E-state index >= 15 is 0 Å². The Balaban J connectivity index is 1.50. The van der Waals surface area contributed by atoms with Crippen molar-refractivity contribution in [3.8, 4) is 0 Å². The minimum atomic E-state index is -0.0465. The van der Waals surface area contributed by atoms with Gasteiger partial charge in [0.05, 0.1) is 16.6 Å². The molecule has 6 heteroatoms. The summed E-state index contributed by atoms with van der Waals surface area (Å²) in [5.74, 6) is 0.509. The van der Waals surface area contributed by atoms with Crippen molar-refractivity contribution in [2.75, 3.05) is 19.6 Å². The smallest absolute Gasteiger partial charge is 0.258 e. The van der Waals surface area contributed by atoms with Gasteiger partial charge in [0.1, 0.15) is 0 Å². The van der Waals surface area contributed by atoms with E-state index in [1.165, 1.54) is 45.2 Å². The number of carbonyl (C=O) groups excluding carboxylic acids is 1. The summed E-state index contributed by atoms with van der Waals surface area (Å²) in [5.41, 5.74) is 2.55. The first-order valence-corrected chi connectivity index (χ1v) is 9.39. The lowest BCUT2D eigenvalue weighted by atomic mass is 9.83. The van der Waals surface area contributed by atoms with E-state index in [1.807, 2.05) is 19.9 Å². The zero-order chi connectivity index (χ0) is 17.4. The maximum atomic E-state index is 12.8. The molecule has 2 aromatic rings. The number of piperidine rings is 2. The summed E-state index contributed by atoms with van der Waals surface area (Å²) in [5, 5.41) is 7.86. The van der Waals surface area contributed by atoms with Gasteiger partial charge < -0.3 is 14.7 Å². The van der Waals surface area contributed by atoms with Crippen LogP contribution in [-0.4, -0.2) is 46.6 Å². The second kappa shape index (κ2) is 6.75. The molecule has 2 aliphatic heterocycles. The first-order valence-electron chi connectivity index (χ1n) is 9.39. The molecule has 4 rings (SSSR count). The second-order valence-electron chi connectivity index (χ2n) is 7.47. The van der Waals surface area contributed by atoms with E-state index in [9.17, 15) is 4.79 Å². The maximum absolute atomic E-state index is 12.8. The third-order valence-corrected chi connectivity index (χ3v) is 5.74. The number of carbonyl (C=O) groups is 1. The van der Waals surface area contributed by atoms with Gasteiger partial charge in [-0.3, -0.25) is 4.79 Å². The number of aromatic nitrogens is 2. The number of fused-ring (bicyclic) bond motifs is 2. The van der Waals surface area contributed by atoms with Crippen LogP contribution in [0.2, 0.25) is 0 Å². The first kappa shape index (κ1) is 16.5. The Morgan fingerprint density at radius 1 is 1.28 bits per heavy atom. The zero-order valence-electron chi connectivity index (χ0n) is 15.0. The van der Waals surface area contributed by atoms with Gasteiger partial charge in [0, 0.05) is 18.3 Å². The minimum Gasteiger partial charge on any atom is -0.352 e. The van der Waals surface area contributed by atoms with Crippen molar-refractivity contribution in [1.82, 2.24) is 20.4 Å². The Bertz CT molecular complexity index is 783. The Hall–Kier alpha value is -1.95. The number of hydrogen-bond acceptors (Lipinski definition) is 5. The Morgan fingerprint density at radius 3 is 3.00 bits per heavy atom. The Labute approximate surface area is 148 Å². The van der Waals surface area contributed by atoms with E-state index in [-0.39, 0.29) is 5.91 Å². The van der Waals surface area contributed by atoms with Gasteiger partial charge in [-0.25, -0.2) is 4.98 Å². The van der Waals surface area contributed by atoms with Crippen LogP contribution < -0.4 is 5.32 Å². The summed E-state index contributed by atoms with van der Waals surface area (Å²) < 4.78 is 5.24. The third-order valence-electron chi connectivity index (χ3n) is 5.74. The summed E-state index contributed by atoms with van der Waals surface area (Å²) in [7, 11) is 0. The molecule has 2 fully saturated rings. The van der Waals surface area contributed by atoms with Crippen LogP contribution in [0.25, 0.3) is 11.1 Å². The third kappa shape index (κ3) is 3.15. The monoisotopic (exact) mass is 342 g/mol. The van der Waals surface area contributed by atoms with Crippen molar-refractivity contribution in [2.45, 2.75) is 52.0 Å². The van der Waals surface area contributed by atoms with Crippen molar-refractivity contribution in [3.05, 3.63) is 23.0 Å². The van der Waals surface area contributed by atoms with E-state index in [2.05, 4.69) is 20.4 Å². The molecule has 0 aliphatic carbocycles. The van der Waals surface area contributed by atoms with Gasteiger partial charge in [0.15, 0.2) is 0 Å². The molecule has 6 nitrogen and oxygen atoms in total. The van der Waals surface area contributed by atoms with Gasteiger partial charge in [-0.05, 0) is 64.6 Å². The highest BCUT2D eigenvalue weighted by atomic mass is 16.5. The lowest BCUT2D eigenvalue weighted by Gasteiger charge is -2.44. The average Bonchev–Trinajstić information content (AvgIpc) is 2.99. The largest absolute Gasteiger partial charge is 0.352 e. The van der Waals surface area contributed by atoms with E-state index in [0.717, 1.165) is 17.6 Å². The maximum Gasteiger partial charge on any atom is 0.258 e. The van der Waals surface area contributed by atoms with Gasteiger partial charge in [0.25, 0.3) is 11.6 Å². The fraction of sp³-hybridized carbons (Fsp3) is 0.632. The zero-order valence-corrected chi connectivity index (χ0v) is 15.0. The van der Waals surface area contributed by atoms with Crippen LogP contribution in [0.3, 0.4) is 0 Å². The summed E-state index contributed by atoms with van der Waals surface area (Å²) in [6.07, 6.45) is 6.34. The molecule has 2 aliphatic rings. The molecule has 1 N–H and O–H groups in total. The first-order chi connectivity index (χ1) is 12.1. The fourth-order valence-electron chi connectivity index (χ4n) is 4.53. The molecule has 4 heterocycles. The predicted molar refractivity (Wildman–Crippen MR) is 95.5 cm³/mol. The molecule has 134 valence electrons. The van der Waals surface area contributed by atoms with Gasteiger partial charge in [-0.1, -0.05) is 11.6 Å². The SMILES string of the molecule is Cc1cc(C(=O)NC[C@H]2CCCN3CCCC[C@H]23)c2c(C)noc2n1. The van der Waals surface area contributed by atoms with Gasteiger partial charge in [-0.15, -0.1) is 0 Å². The van der Waals surface area contributed by atoms with Crippen molar-refractivity contribution < 1.29 is 9.32 Å². The molecule has 2 saturated heterocycles. The molecule has 0 radical (unpaired) electrons. The second-order valence-corrected chi connectivity index (χ2v) is 7.47. The molecular formula is C19H26N4O2. The fourth-order valence-corrected chi connectivity index (χ4v) is 4.53. The normalized spacial score (nSPS) is 24.2. The molecule has 2 aromatic heterocycles. The van der Waals surface area contributed by atoms with Crippen molar-refractivity contribution in [1.29, 1.82) is 0 Å². The molecule has 0 saturated carbocycles. The van der Waals surface area contributed by atoms with Gasteiger partial charge >= 0.3 is 0 Å². The number of pyridine rings is 1. The summed E-state index contributed by atoms with van der Waals surface area (Å²) in [4.78, 5) is 19.8. The van der Waals surface area contributed by atoms with E-state index in [4.69, 9.17) is 4.52 Å². The van der Waals surface area contributed by atoms with E-state index in [1.54, 1.807) is 0 Å². The highest BCUT2D eigenvalue weighted by molar-refractivity contribution is 6.06. The average molecular weight is 342 g/mol. The predicted octanol–water partition coefficient (Wildman–Crippen LogP) is 2.83. The highest BCUT2D eigenvalue weighted by Crippen LogP contribution is 2.30. The lowest BCUT2D eigenvalue weighted by molar-refractivity contribution is 0.0576. The molecule has 0 aromatic carbocycles. The quantitative estimate of drug-likeness (QED) is 0.929. The van der Waals surface area contributed by atoms with Crippen LogP contribution in [0.4, 0.5) is 0 Å². The van der Waals surface area contributed by atoms with E-state index < -0.39 is 0 Å². The van der Waals surface area contributed by atoms with E-state index in [0.29, 0.717) is 28.9 Å². The number of nitrogens with zero attached hydrogens (tertiary/aromatic N) is 3. The Kier molecular flexibility index (Phi) is 4.46. The lowest BCUT2D eigenvalue weighted by Crippen LogP contribution is -2.51. The highest BCUT2D eigenvalue weighted by Gasteiger charge is 2.33. The molecule has 1 amide bonds. The van der Waals surface area contributed by atoms with Crippen molar-refractivity contribution in [3.63, 3.8) is 0 Å². The van der Waals surface area contributed by atoms with Crippen LogP contribution in [-0.2, 0) is 0 Å². The summed E-state index contributed by atoms with van der Waals surface area (Å²) in [6, 6.07) is 2.47. The number of amides is 1. The number of rotatable bonds is 3. The van der Waals surface area contributed by atoms with Crippen LogP contribution in [0.1, 0.15) is 53.8 Å². The Morgan fingerprint density at radius 2 is 2.12 bits per heavy atom. The number of aryl methyl sites for hydroxylation is 2. The van der Waals surface area contributed by atoms with Crippen molar-refractivity contribution >= 4 is 17.0 Å².